The monoisotopic (exact) mass is 300 g/mol. The minimum atomic E-state index is -0.293. The molecule has 1 aromatic rings. The Labute approximate surface area is 128 Å². The van der Waals surface area contributed by atoms with Crippen LogP contribution in [0.4, 0.5) is 0 Å². The van der Waals surface area contributed by atoms with Crippen molar-refractivity contribution in [1.82, 2.24) is 0 Å². The molecule has 0 unspecified atom stereocenters. The number of nitrogens with two attached hydrogens (primary N) is 1. The molecule has 0 saturated carbocycles. The molecule has 2 rings (SSSR count). The van der Waals surface area contributed by atoms with Crippen molar-refractivity contribution in [1.29, 1.82) is 5.41 Å². The summed E-state index contributed by atoms with van der Waals surface area (Å²) in [5, 5.41) is 9.41. The lowest BCUT2D eigenvalue weighted by molar-refractivity contribution is -0.510. The maximum atomic E-state index is 11.1. The summed E-state index contributed by atoms with van der Waals surface area (Å²) in [5.74, 6) is 1.56. The summed E-state index contributed by atoms with van der Waals surface area (Å²) < 4.78 is 10.5. The minimum Gasteiger partial charge on any atom is -0.493 e. The zero-order chi connectivity index (χ0) is 16.1. The molecule has 114 valence electrons. The number of hydrogen-bond acceptors (Lipinski definition) is 5. The zero-order valence-corrected chi connectivity index (χ0v) is 12.7. The molecule has 0 fully saturated rings. The van der Waals surface area contributed by atoms with Crippen LogP contribution in [0.1, 0.15) is 12.5 Å². The van der Waals surface area contributed by atoms with E-state index in [0.29, 0.717) is 17.3 Å². The van der Waals surface area contributed by atoms with Gasteiger partial charge in [0.15, 0.2) is 17.3 Å². The number of aliphatic imine (C=N–C) groups is 1. The number of carbonyl (C=O) groups is 1. The van der Waals surface area contributed by atoms with Crippen LogP contribution in [0, 0.1) is 5.41 Å². The van der Waals surface area contributed by atoms with Crippen LogP contribution >= 0.6 is 0 Å². The Morgan fingerprint density at radius 3 is 2.64 bits per heavy atom. The molecule has 22 heavy (non-hydrogen) atoms. The van der Waals surface area contributed by atoms with Gasteiger partial charge in [0.1, 0.15) is 11.4 Å². The first-order chi connectivity index (χ1) is 10.5. The van der Waals surface area contributed by atoms with Crippen molar-refractivity contribution in [2.24, 2.45) is 4.99 Å². The highest BCUT2D eigenvalue weighted by Crippen LogP contribution is 2.29. The fraction of sp³-hybridized carbons (Fsp3) is 0.188. The zero-order valence-electron chi connectivity index (χ0n) is 12.7. The Kier molecular flexibility index (Phi) is 4.85. The number of benzene rings is 1. The van der Waals surface area contributed by atoms with Gasteiger partial charge in [-0.3, -0.25) is 15.5 Å². The number of rotatable bonds is 5. The molecule has 1 heterocycles. The van der Waals surface area contributed by atoms with Gasteiger partial charge in [-0.25, -0.2) is 4.99 Å². The van der Waals surface area contributed by atoms with E-state index in [2.05, 4.69) is 4.99 Å². The fourth-order valence-corrected chi connectivity index (χ4v) is 1.97. The predicted molar refractivity (Wildman–Crippen MR) is 84.4 cm³/mol. The highest BCUT2D eigenvalue weighted by atomic mass is 16.5. The third-order valence-corrected chi connectivity index (χ3v) is 3.17. The van der Waals surface area contributed by atoms with E-state index in [1.165, 1.54) is 13.0 Å². The first-order valence-corrected chi connectivity index (χ1v) is 6.68. The van der Waals surface area contributed by atoms with Gasteiger partial charge in [-0.2, -0.15) is 0 Å². The van der Waals surface area contributed by atoms with E-state index in [1.54, 1.807) is 20.4 Å². The van der Waals surface area contributed by atoms with Crippen molar-refractivity contribution in [2.45, 2.75) is 6.92 Å². The van der Waals surface area contributed by atoms with Gasteiger partial charge in [0, 0.05) is 30.9 Å². The maximum absolute atomic E-state index is 11.1. The Hall–Kier alpha value is -2.73. The first-order valence-electron chi connectivity index (χ1n) is 6.68. The number of ketones is 1. The third-order valence-electron chi connectivity index (χ3n) is 3.17. The van der Waals surface area contributed by atoms with E-state index in [1.807, 2.05) is 29.6 Å². The second-order valence-corrected chi connectivity index (χ2v) is 4.65. The Bertz CT molecular complexity index is 703. The van der Waals surface area contributed by atoms with E-state index in [9.17, 15) is 4.79 Å². The Balaban J connectivity index is 2.27. The van der Waals surface area contributed by atoms with Crippen LogP contribution in [-0.4, -0.2) is 31.9 Å². The second kappa shape index (κ2) is 6.82. The first kappa shape index (κ1) is 15.7. The lowest BCUT2D eigenvalue weighted by atomic mass is 10.1. The van der Waals surface area contributed by atoms with Crippen molar-refractivity contribution in [3.63, 3.8) is 0 Å². The minimum absolute atomic E-state index is 0.0723. The molecule has 0 atom stereocenters. The van der Waals surface area contributed by atoms with Crippen LogP contribution in [0.3, 0.4) is 0 Å². The van der Waals surface area contributed by atoms with Crippen molar-refractivity contribution < 1.29 is 19.6 Å². The van der Waals surface area contributed by atoms with Crippen LogP contribution < -0.4 is 14.8 Å². The molecule has 0 saturated heterocycles. The number of quaternary nitrogens is 1. The average Bonchev–Trinajstić information content (AvgIpc) is 2.54. The third kappa shape index (κ3) is 3.48. The molecule has 1 aliphatic rings. The molecular formula is C16H18N3O3+. The highest BCUT2D eigenvalue weighted by molar-refractivity contribution is 6.42. The molecule has 0 aromatic heterocycles. The second-order valence-electron chi connectivity index (χ2n) is 4.65. The summed E-state index contributed by atoms with van der Waals surface area (Å²) >= 11 is 0. The summed E-state index contributed by atoms with van der Waals surface area (Å²) in [6.07, 6.45) is 4.95. The van der Waals surface area contributed by atoms with Gasteiger partial charge in [0.05, 0.1) is 14.2 Å². The largest absolute Gasteiger partial charge is 0.493 e. The number of nitrogens with one attached hydrogen (secondary N) is 1. The highest BCUT2D eigenvalue weighted by Gasteiger charge is 2.16. The van der Waals surface area contributed by atoms with Gasteiger partial charge in [-0.05, 0) is 18.2 Å². The van der Waals surface area contributed by atoms with Gasteiger partial charge in [-0.1, -0.05) is 0 Å². The number of nitrogens with zero attached hydrogens (tertiary/aromatic N) is 1. The van der Waals surface area contributed by atoms with E-state index >= 15 is 0 Å². The van der Waals surface area contributed by atoms with Crippen LogP contribution in [0.5, 0.6) is 11.5 Å². The van der Waals surface area contributed by atoms with Gasteiger partial charge in [-0.15, -0.1) is 0 Å². The molecule has 6 heteroatoms. The summed E-state index contributed by atoms with van der Waals surface area (Å²) in [5.41, 5.74) is 1.78. The van der Waals surface area contributed by atoms with Crippen LogP contribution in [0.15, 0.2) is 41.2 Å². The molecule has 0 bridgehead atoms. The molecule has 3 N–H and O–H groups in total. The molecule has 6 nitrogen and oxygen atoms in total. The van der Waals surface area contributed by atoms with Crippen molar-refractivity contribution in [3.8, 4) is 11.5 Å². The van der Waals surface area contributed by atoms with E-state index in [0.717, 1.165) is 11.3 Å². The average molecular weight is 300 g/mol. The van der Waals surface area contributed by atoms with Crippen LogP contribution in [0.2, 0.25) is 0 Å². The number of allylic oxidation sites excluding steroid dienone is 2. The van der Waals surface area contributed by atoms with Gasteiger partial charge < -0.3 is 9.47 Å². The van der Waals surface area contributed by atoms with Crippen LogP contribution in [-0.2, 0) is 4.79 Å². The van der Waals surface area contributed by atoms with E-state index in [4.69, 9.17) is 14.9 Å². The number of Topliss-reactive ketones (excluding diaryl/α,β-unsaturated/α-hetero) is 1. The Morgan fingerprint density at radius 2 is 2.00 bits per heavy atom. The molecule has 0 amide bonds. The van der Waals surface area contributed by atoms with Gasteiger partial charge in [0.2, 0.25) is 5.82 Å². The lowest BCUT2D eigenvalue weighted by Gasteiger charge is -2.12. The van der Waals surface area contributed by atoms with Crippen molar-refractivity contribution in [2.75, 3.05) is 14.2 Å². The lowest BCUT2D eigenvalue weighted by Crippen LogP contribution is -2.79. The summed E-state index contributed by atoms with van der Waals surface area (Å²) in [7, 11) is 3.17. The van der Waals surface area contributed by atoms with E-state index in [-0.39, 0.29) is 11.5 Å². The van der Waals surface area contributed by atoms with Gasteiger partial charge >= 0.3 is 0 Å². The molecule has 0 spiro atoms. The molecule has 0 aliphatic carbocycles. The summed E-state index contributed by atoms with van der Waals surface area (Å²) in [6.45, 7) is 1.36. The standard InChI is InChI=1S/C16H17N3O3/c1-10(20)12(17)9-16-18-7-6-13(19-16)11-4-5-14(21-2)15(8-11)22-3/h4-9,17,19H,1-3H3/p+1/b16-9-,17-12?. The van der Waals surface area contributed by atoms with Crippen molar-refractivity contribution >= 4 is 23.4 Å². The number of methoxy groups -OCH3 is 2. The molecular weight excluding hydrogens is 282 g/mol. The summed E-state index contributed by atoms with van der Waals surface area (Å²) in [4.78, 5) is 15.3. The van der Waals surface area contributed by atoms with E-state index < -0.39 is 0 Å². The normalized spacial score (nSPS) is 15.4. The molecule has 0 radical (unpaired) electrons. The fourth-order valence-electron chi connectivity index (χ4n) is 1.97. The number of ether oxygens (including phenoxy) is 2. The van der Waals surface area contributed by atoms with Gasteiger partial charge in [0.25, 0.3) is 0 Å². The molecule has 1 aliphatic heterocycles. The molecule has 1 aromatic carbocycles. The maximum Gasteiger partial charge on any atom is 0.231 e. The smallest absolute Gasteiger partial charge is 0.231 e. The topological polar surface area (TPSA) is 88.4 Å². The summed E-state index contributed by atoms with van der Waals surface area (Å²) in [6, 6.07) is 5.61. The predicted octanol–water partition coefficient (Wildman–Crippen LogP) is 1.14. The van der Waals surface area contributed by atoms with Crippen LogP contribution in [0.25, 0.3) is 5.70 Å². The number of carbonyl (C=O) groups excluding carboxylic acids is 1. The van der Waals surface area contributed by atoms with Crippen molar-refractivity contribution in [3.05, 3.63) is 41.7 Å². The SMILES string of the molecule is COc1ccc(C2=CC=N/C(=C/C(=N)C(C)=O)[NH2+]2)cc1OC. The number of hydrogen-bond donors (Lipinski definition) is 2. The quantitative estimate of drug-likeness (QED) is 0.799. The Morgan fingerprint density at radius 1 is 1.27 bits per heavy atom.